The van der Waals surface area contributed by atoms with Gasteiger partial charge in [0, 0.05) is 12.1 Å². The lowest BCUT2D eigenvalue weighted by Crippen LogP contribution is -2.33. The van der Waals surface area contributed by atoms with Crippen molar-refractivity contribution in [3.63, 3.8) is 0 Å². The fraction of sp³-hybridized carbons (Fsp3) is 0.235. The molecule has 0 spiro atoms. The van der Waals surface area contributed by atoms with Crippen LogP contribution in [0.15, 0.2) is 48.5 Å². The summed E-state index contributed by atoms with van der Waals surface area (Å²) >= 11 is 0. The Kier molecular flexibility index (Phi) is 3.88. The quantitative estimate of drug-likeness (QED) is 0.857. The van der Waals surface area contributed by atoms with Crippen molar-refractivity contribution in [2.24, 2.45) is 0 Å². The highest BCUT2D eigenvalue weighted by atomic mass is 16.7. The predicted octanol–water partition coefficient (Wildman–Crippen LogP) is 2.78. The Morgan fingerprint density at radius 2 is 1.90 bits per heavy atom. The van der Waals surface area contributed by atoms with E-state index in [0.29, 0.717) is 23.6 Å². The van der Waals surface area contributed by atoms with Crippen LogP contribution in [0.3, 0.4) is 0 Å². The highest BCUT2D eigenvalue weighted by molar-refractivity contribution is 6.00. The van der Waals surface area contributed by atoms with Crippen LogP contribution in [-0.2, 0) is 6.54 Å². The van der Waals surface area contributed by atoms with E-state index in [1.807, 2.05) is 37.3 Å². The van der Waals surface area contributed by atoms with E-state index in [2.05, 4.69) is 5.32 Å². The first-order valence-electron chi connectivity index (χ1n) is 6.95. The average molecular weight is 283 g/mol. The molecule has 0 aliphatic carbocycles. The van der Waals surface area contributed by atoms with Crippen molar-refractivity contribution in [2.75, 3.05) is 6.79 Å². The van der Waals surface area contributed by atoms with E-state index in [9.17, 15) is 4.79 Å². The van der Waals surface area contributed by atoms with Gasteiger partial charge in [0.25, 0.3) is 0 Å². The van der Waals surface area contributed by atoms with Gasteiger partial charge in [-0.1, -0.05) is 30.3 Å². The SMILES string of the molecule is C[C@@H](NCc1ccccc1)C(=O)c1ccc2c(c1)OCO2. The number of Topliss-reactive ketones (excluding diaryl/α,β-unsaturated/α-hetero) is 1. The molecule has 0 amide bonds. The maximum atomic E-state index is 12.4. The molecule has 0 unspecified atom stereocenters. The number of rotatable bonds is 5. The Hall–Kier alpha value is -2.33. The highest BCUT2D eigenvalue weighted by Gasteiger charge is 2.19. The molecule has 2 aromatic rings. The Morgan fingerprint density at radius 1 is 1.14 bits per heavy atom. The zero-order valence-electron chi connectivity index (χ0n) is 11.8. The molecule has 3 rings (SSSR count). The molecule has 21 heavy (non-hydrogen) atoms. The van der Waals surface area contributed by atoms with Gasteiger partial charge in [-0.2, -0.15) is 0 Å². The van der Waals surface area contributed by atoms with Crippen molar-refractivity contribution >= 4 is 5.78 Å². The molecule has 4 heteroatoms. The number of hydrogen-bond acceptors (Lipinski definition) is 4. The fourth-order valence-corrected chi connectivity index (χ4v) is 2.26. The number of hydrogen-bond donors (Lipinski definition) is 1. The third-order valence-electron chi connectivity index (χ3n) is 3.51. The second-order valence-corrected chi connectivity index (χ2v) is 5.02. The highest BCUT2D eigenvalue weighted by Crippen LogP contribution is 2.32. The molecule has 0 saturated heterocycles. The van der Waals surface area contributed by atoms with E-state index >= 15 is 0 Å². The van der Waals surface area contributed by atoms with Gasteiger partial charge in [-0.15, -0.1) is 0 Å². The molecule has 0 saturated carbocycles. The van der Waals surface area contributed by atoms with E-state index < -0.39 is 0 Å². The second-order valence-electron chi connectivity index (χ2n) is 5.02. The van der Waals surface area contributed by atoms with Crippen molar-refractivity contribution in [3.8, 4) is 11.5 Å². The van der Waals surface area contributed by atoms with Crippen LogP contribution in [0.1, 0.15) is 22.8 Å². The van der Waals surface area contributed by atoms with Gasteiger partial charge in [0.05, 0.1) is 6.04 Å². The summed E-state index contributed by atoms with van der Waals surface area (Å²) in [6.45, 7) is 2.75. The summed E-state index contributed by atoms with van der Waals surface area (Å²) in [7, 11) is 0. The topological polar surface area (TPSA) is 47.6 Å². The maximum absolute atomic E-state index is 12.4. The standard InChI is InChI=1S/C17H17NO3/c1-12(18-10-13-5-3-2-4-6-13)17(19)14-7-8-15-16(9-14)21-11-20-15/h2-9,12,18H,10-11H2,1H3/t12-/m1/s1. The second kappa shape index (κ2) is 5.97. The molecular weight excluding hydrogens is 266 g/mol. The Labute approximate surface area is 123 Å². The summed E-state index contributed by atoms with van der Waals surface area (Å²) in [6.07, 6.45) is 0. The number of nitrogens with one attached hydrogen (secondary N) is 1. The number of ketones is 1. The van der Waals surface area contributed by atoms with Crippen molar-refractivity contribution in [2.45, 2.75) is 19.5 Å². The van der Waals surface area contributed by atoms with Crippen LogP contribution < -0.4 is 14.8 Å². The number of carbonyl (C=O) groups is 1. The molecular formula is C17H17NO3. The van der Waals surface area contributed by atoms with Crippen LogP contribution in [-0.4, -0.2) is 18.6 Å². The molecule has 1 atom stereocenters. The van der Waals surface area contributed by atoms with Crippen LogP contribution in [0.25, 0.3) is 0 Å². The van der Waals surface area contributed by atoms with Crippen LogP contribution in [0.5, 0.6) is 11.5 Å². The van der Waals surface area contributed by atoms with Gasteiger partial charge in [-0.25, -0.2) is 0 Å². The normalized spacial score (nSPS) is 14.0. The van der Waals surface area contributed by atoms with Crippen molar-refractivity contribution < 1.29 is 14.3 Å². The van der Waals surface area contributed by atoms with Crippen LogP contribution in [0, 0.1) is 0 Å². The van der Waals surface area contributed by atoms with Gasteiger partial charge >= 0.3 is 0 Å². The van der Waals surface area contributed by atoms with Crippen LogP contribution >= 0.6 is 0 Å². The summed E-state index contributed by atoms with van der Waals surface area (Å²) in [6, 6.07) is 15.1. The Balaban J connectivity index is 1.64. The van der Waals surface area contributed by atoms with Gasteiger partial charge in [0.2, 0.25) is 6.79 Å². The molecule has 0 radical (unpaired) electrons. The minimum absolute atomic E-state index is 0.0456. The Morgan fingerprint density at radius 3 is 2.71 bits per heavy atom. The van der Waals surface area contributed by atoms with Gasteiger partial charge in [0.15, 0.2) is 17.3 Å². The van der Waals surface area contributed by atoms with Gasteiger partial charge < -0.3 is 14.8 Å². The lowest BCUT2D eigenvalue weighted by Gasteiger charge is -2.13. The third kappa shape index (κ3) is 3.06. The summed E-state index contributed by atoms with van der Waals surface area (Å²) in [5, 5.41) is 3.24. The van der Waals surface area contributed by atoms with Gasteiger partial charge in [-0.05, 0) is 30.7 Å². The van der Waals surface area contributed by atoms with Crippen LogP contribution in [0.4, 0.5) is 0 Å². The van der Waals surface area contributed by atoms with Crippen LogP contribution in [0.2, 0.25) is 0 Å². The molecule has 108 valence electrons. The smallest absolute Gasteiger partial charge is 0.231 e. The third-order valence-corrected chi connectivity index (χ3v) is 3.51. The molecule has 1 aliphatic rings. The molecule has 0 fully saturated rings. The minimum Gasteiger partial charge on any atom is -0.454 e. The first-order chi connectivity index (χ1) is 10.2. The molecule has 4 nitrogen and oxygen atoms in total. The van der Waals surface area contributed by atoms with Crippen molar-refractivity contribution in [3.05, 3.63) is 59.7 Å². The zero-order valence-corrected chi connectivity index (χ0v) is 11.8. The maximum Gasteiger partial charge on any atom is 0.231 e. The fourth-order valence-electron chi connectivity index (χ4n) is 2.26. The van der Waals surface area contributed by atoms with E-state index in [1.54, 1.807) is 18.2 Å². The molecule has 0 aromatic heterocycles. The molecule has 2 aromatic carbocycles. The van der Waals surface area contributed by atoms with Crippen molar-refractivity contribution in [1.29, 1.82) is 0 Å². The zero-order chi connectivity index (χ0) is 14.7. The summed E-state index contributed by atoms with van der Waals surface area (Å²) in [4.78, 5) is 12.4. The van der Waals surface area contributed by atoms with Gasteiger partial charge in [0.1, 0.15) is 0 Å². The lowest BCUT2D eigenvalue weighted by atomic mass is 10.0. The van der Waals surface area contributed by atoms with E-state index in [-0.39, 0.29) is 18.6 Å². The van der Waals surface area contributed by atoms with Gasteiger partial charge in [-0.3, -0.25) is 4.79 Å². The van der Waals surface area contributed by atoms with Crippen molar-refractivity contribution in [1.82, 2.24) is 5.32 Å². The van der Waals surface area contributed by atoms with E-state index in [4.69, 9.17) is 9.47 Å². The monoisotopic (exact) mass is 283 g/mol. The molecule has 0 bridgehead atoms. The van der Waals surface area contributed by atoms with E-state index in [0.717, 1.165) is 5.56 Å². The number of ether oxygens (including phenoxy) is 2. The summed E-state index contributed by atoms with van der Waals surface area (Å²) in [5.74, 6) is 1.37. The predicted molar refractivity (Wildman–Crippen MR) is 79.6 cm³/mol. The first kappa shape index (κ1) is 13.6. The molecule has 1 N–H and O–H groups in total. The lowest BCUT2D eigenvalue weighted by molar-refractivity contribution is 0.0950. The minimum atomic E-state index is -0.259. The Bertz CT molecular complexity index is 640. The van der Waals surface area contributed by atoms with E-state index in [1.165, 1.54) is 0 Å². The number of carbonyl (C=O) groups excluding carboxylic acids is 1. The summed E-state index contributed by atoms with van der Waals surface area (Å²) in [5.41, 5.74) is 1.79. The molecule has 1 heterocycles. The number of fused-ring (bicyclic) bond motifs is 1. The summed E-state index contributed by atoms with van der Waals surface area (Å²) < 4.78 is 10.6. The molecule has 1 aliphatic heterocycles. The average Bonchev–Trinajstić information content (AvgIpc) is 3.00. The largest absolute Gasteiger partial charge is 0.454 e. The first-order valence-corrected chi connectivity index (χ1v) is 6.95. The number of benzene rings is 2.